The predicted molar refractivity (Wildman–Crippen MR) is 135 cm³/mol. The fraction of sp³-hybridized carbons (Fsp3) is 0.240. The van der Waals surface area contributed by atoms with Crippen LogP contribution in [0.1, 0.15) is 5.56 Å². The van der Waals surface area contributed by atoms with E-state index in [1.807, 2.05) is 24.3 Å². The second-order valence-corrected chi connectivity index (χ2v) is 8.28. The molecule has 0 atom stereocenters. The zero-order chi connectivity index (χ0) is 25.7. The van der Waals surface area contributed by atoms with Crippen molar-refractivity contribution in [2.45, 2.75) is 6.18 Å². The molecular weight excluding hydrogens is 471 g/mol. The molecule has 0 saturated carbocycles. The highest BCUT2D eigenvalue weighted by Crippen LogP contribution is 2.36. The number of nitrogens with one attached hydrogen (secondary N) is 3. The van der Waals surface area contributed by atoms with Crippen molar-refractivity contribution in [2.75, 3.05) is 54.1 Å². The minimum atomic E-state index is -4.69. The smallest absolute Gasteiger partial charge is 0.369 e. The van der Waals surface area contributed by atoms with Crippen LogP contribution in [0.5, 0.6) is 0 Å². The molecule has 1 amide bonds. The molecule has 0 spiro atoms. The molecular formula is C25H26F3N7O. The minimum Gasteiger partial charge on any atom is -0.369 e. The molecule has 36 heavy (non-hydrogen) atoms. The zero-order valence-corrected chi connectivity index (χ0v) is 19.6. The van der Waals surface area contributed by atoms with E-state index in [9.17, 15) is 18.0 Å². The van der Waals surface area contributed by atoms with Gasteiger partial charge in [0.25, 0.3) is 0 Å². The molecule has 0 aliphatic carbocycles. The van der Waals surface area contributed by atoms with Gasteiger partial charge in [-0.15, -0.1) is 0 Å². The van der Waals surface area contributed by atoms with Crippen molar-refractivity contribution in [1.29, 1.82) is 0 Å². The first-order chi connectivity index (χ1) is 17.2. The van der Waals surface area contributed by atoms with E-state index in [0.717, 1.165) is 44.1 Å². The van der Waals surface area contributed by atoms with Crippen LogP contribution >= 0.6 is 0 Å². The summed E-state index contributed by atoms with van der Waals surface area (Å²) in [6, 6.07) is 13.9. The molecule has 1 aromatic heterocycles. The van der Waals surface area contributed by atoms with Gasteiger partial charge in [0.05, 0.1) is 11.4 Å². The highest BCUT2D eigenvalue weighted by molar-refractivity contribution is 6.01. The summed E-state index contributed by atoms with van der Waals surface area (Å²) < 4.78 is 41.1. The van der Waals surface area contributed by atoms with Gasteiger partial charge in [0.2, 0.25) is 11.9 Å². The molecule has 2 aromatic carbocycles. The average molecular weight is 498 g/mol. The first-order valence-electron chi connectivity index (χ1n) is 11.3. The van der Waals surface area contributed by atoms with E-state index in [1.165, 1.54) is 6.07 Å². The first-order valence-corrected chi connectivity index (χ1v) is 11.3. The van der Waals surface area contributed by atoms with Crippen LogP contribution in [0.4, 0.5) is 47.7 Å². The third-order valence-corrected chi connectivity index (χ3v) is 5.71. The Morgan fingerprint density at radius 3 is 2.31 bits per heavy atom. The van der Waals surface area contributed by atoms with Crippen molar-refractivity contribution in [3.63, 3.8) is 0 Å². The van der Waals surface area contributed by atoms with E-state index >= 15 is 0 Å². The largest absolute Gasteiger partial charge is 0.421 e. The molecule has 1 saturated heterocycles. The van der Waals surface area contributed by atoms with Crippen LogP contribution in [-0.4, -0.2) is 54.0 Å². The maximum atomic E-state index is 13.7. The van der Waals surface area contributed by atoms with Gasteiger partial charge in [-0.3, -0.25) is 4.79 Å². The number of amides is 1. The Balaban J connectivity index is 1.56. The average Bonchev–Trinajstić information content (AvgIpc) is 2.85. The van der Waals surface area contributed by atoms with E-state index in [-0.39, 0.29) is 17.3 Å². The second-order valence-electron chi connectivity index (χ2n) is 8.28. The Hall–Kier alpha value is -4.12. The SMILES string of the molecule is C=CC(=O)Nc1ccccc1Nc1nc(Nc2ccc(N3CCN(C)CC3)cc2)ncc1C(F)(F)F. The van der Waals surface area contributed by atoms with Gasteiger partial charge in [-0.1, -0.05) is 18.7 Å². The van der Waals surface area contributed by atoms with Gasteiger partial charge in [0, 0.05) is 43.8 Å². The number of likely N-dealkylation sites (N-methyl/N-ethyl adjacent to an activating group) is 1. The van der Waals surface area contributed by atoms with E-state index < -0.39 is 23.5 Å². The van der Waals surface area contributed by atoms with Gasteiger partial charge in [-0.05, 0) is 49.5 Å². The van der Waals surface area contributed by atoms with Crippen molar-refractivity contribution in [1.82, 2.24) is 14.9 Å². The van der Waals surface area contributed by atoms with Crippen molar-refractivity contribution in [2.24, 2.45) is 0 Å². The summed E-state index contributed by atoms with van der Waals surface area (Å²) in [5.41, 5.74) is 1.19. The number of hydrogen-bond acceptors (Lipinski definition) is 7. The Morgan fingerprint density at radius 2 is 1.67 bits per heavy atom. The molecule has 4 rings (SSSR count). The Morgan fingerprint density at radius 1 is 1.00 bits per heavy atom. The number of rotatable bonds is 7. The number of nitrogens with zero attached hydrogens (tertiary/aromatic N) is 4. The van der Waals surface area contributed by atoms with Gasteiger partial charge in [0.1, 0.15) is 11.4 Å². The Kier molecular flexibility index (Phi) is 7.39. The normalized spacial score (nSPS) is 14.3. The summed E-state index contributed by atoms with van der Waals surface area (Å²) in [5, 5.41) is 8.21. The van der Waals surface area contributed by atoms with E-state index in [2.05, 4.69) is 49.3 Å². The summed E-state index contributed by atoms with van der Waals surface area (Å²) in [6.45, 7) is 7.20. The first kappa shape index (κ1) is 25.0. The lowest BCUT2D eigenvalue weighted by molar-refractivity contribution is -0.137. The van der Waals surface area contributed by atoms with E-state index in [1.54, 1.807) is 18.2 Å². The number of carbonyl (C=O) groups excluding carboxylic acids is 1. The van der Waals surface area contributed by atoms with Crippen molar-refractivity contribution < 1.29 is 18.0 Å². The fourth-order valence-electron chi connectivity index (χ4n) is 3.71. The summed E-state index contributed by atoms with van der Waals surface area (Å²) >= 11 is 0. The molecule has 0 bridgehead atoms. The number of hydrogen-bond donors (Lipinski definition) is 3. The summed E-state index contributed by atoms with van der Waals surface area (Å²) in [5.74, 6) is -0.954. The van der Waals surface area contributed by atoms with Crippen LogP contribution in [0, 0.1) is 0 Å². The number of aromatic nitrogens is 2. The number of alkyl halides is 3. The standard InChI is InChI=1S/C25H26F3N7O/c1-3-22(36)31-20-6-4-5-7-21(20)32-23-19(25(26,27)28)16-29-24(33-23)30-17-8-10-18(11-9-17)35-14-12-34(2)13-15-35/h3-11,16H,1,12-15H2,2H3,(H,31,36)(H2,29,30,32,33). The number of para-hydroxylation sites is 2. The topological polar surface area (TPSA) is 85.4 Å². The van der Waals surface area contributed by atoms with Crippen molar-refractivity contribution >= 4 is 40.4 Å². The lowest BCUT2D eigenvalue weighted by atomic mass is 10.2. The highest BCUT2D eigenvalue weighted by atomic mass is 19.4. The number of benzene rings is 2. The molecule has 0 unspecified atom stereocenters. The third kappa shape index (κ3) is 6.11. The number of carbonyl (C=O) groups is 1. The quantitative estimate of drug-likeness (QED) is 0.402. The third-order valence-electron chi connectivity index (χ3n) is 5.71. The van der Waals surface area contributed by atoms with Gasteiger partial charge >= 0.3 is 6.18 Å². The summed E-state index contributed by atoms with van der Waals surface area (Å²) in [4.78, 5) is 24.2. The van der Waals surface area contributed by atoms with Gasteiger partial charge in [-0.2, -0.15) is 18.2 Å². The highest BCUT2D eigenvalue weighted by Gasteiger charge is 2.35. The predicted octanol–water partition coefficient (Wildman–Crippen LogP) is 4.86. The summed E-state index contributed by atoms with van der Waals surface area (Å²) in [7, 11) is 2.09. The maximum absolute atomic E-state index is 13.7. The molecule has 1 fully saturated rings. The number of halogens is 3. The van der Waals surface area contributed by atoms with Crippen LogP contribution in [0.25, 0.3) is 0 Å². The van der Waals surface area contributed by atoms with Crippen molar-refractivity contribution in [3.05, 3.63) is 72.9 Å². The molecule has 8 nitrogen and oxygen atoms in total. The van der Waals surface area contributed by atoms with Crippen LogP contribution < -0.4 is 20.9 Å². The minimum absolute atomic E-state index is 0.00884. The molecule has 1 aliphatic rings. The maximum Gasteiger partial charge on any atom is 0.421 e. The Bertz CT molecular complexity index is 1220. The van der Waals surface area contributed by atoms with Gasteiger partial charge in [-0.25, -0.2) is 4.98 Å². The van der Waals surface area contributed by atoms with Gasteiger partial charge < -0.3 is 25.8 Å². The zero-order valence-electron chi connectivity index (χ0n) is 19.6. The monoisotopic (exact) mass is 497 g/mol. The van der Waals surface area contributed by atoms with Crippen LogP contribution in [0.2, 0.25) is 0 Å². The molecule has 188 valence electrons. The number of piperazine rings is 1. The molecule has 3 N–H and O–H groups in total. The Labute approximate surface area is 206 Å². The lowest BCUT2D eigenvalue weighted by Crippen LogP contribution is -2.44. The fourth-order valence-corrected chi connectivity index (χ4v) is 3.71. The molecule has 11 heteroatoms. The lowest BCUT2D eigenvalue weighted by Gasteiger charge is -2.34. The number of anilines is 6. The molecule has 1 aliphatic heterocycles. The van der Waals surface area contributed by atoms with E-state index in [0.29, 0.717) is 5.69 Å². The molecule has 0 radical (unpaired) electrons. The second kappa shape index (κ2) is 10.6. The molecule has 3 aromatic rings. The van der Waals surface area contributed by atoms with Crippen LogP contribution in [0.15, 0.2) is 67.4 Å². The molecule has 2 heterocycles. The van der Waals surface area contributed by atoms with Gasteiger partial charge in [0.15, 0.2) is 0 Å². The summed E-state index contributed by atoms with van der Waals surface area (Å²) in [6.07, 6.45) is -2.90. The van der Waals surface area contributed by atoms with Crippen LogP contribution in [-0.2, 0) is 11.0 Å². The van der Waals surface area contributed by atoms with Crippen molar-refractivity contribution in [3.8, 4) is 0 Å². The van der Waals surface area contributed by atoms with E-state index in [4.69, 9.17) is 0 Å². The van der Waals surface area contributed by atoms with Crippen LogP contribution in [0.3, 0.4) is 0 Å².